The van der Waals surface area contributed by atoms with Gasteiger partial charge in [0, 0.05) is 13.6 Å². The van der Waals surface area contributed by atoms with E-state index in [2.05, 4.69) is 15.6 Å². The Kier molecular flexibility index (Phi) is 6.54. The Hall–Kier alpha value is -2.57. The normalized spacial score (nSPS) is 14.5. The number of nitrogens with one attached hydrogen (secondary N) is 2. The number of nitrogens with zero attached hydrogens (tertiary/aromatic N) is 2. The zero-order chi connectivity index (χ0) is 18.6. The van der Waals surface area contributed by atoms with Crippen molar-refractivity contribution < 1.29 is 9.53 Å². The largest absolute Gasteiger partial charge is 0.488 e. The number of aromatic nitrogens is 2. The van der Waals surface area contributed by atoms with Gasteiger partial charge < -0.3 is 19.9 Å². The first-order valence-corrected chi connectivity index (χ1v) is 9.37. The minimum absolute atomic E-state index is 0. The first-order chi connectivity index (χ1) is 13.2. The molecule has 1 aliphatic heterocycles. The molecule has 148 valence electrons. The van der Waals surface area contributed by atoms with Crippen molar-refractivity contribution >= 4 is 29.3 Å². The maximum atomic E-state index is 12.7. The number of imidazole rings is 1. The number of piperidine rings is 1. The van der Waals surface area contributed by atoms with Gasteiger partial charge in [-0.25, -0.2) is 4.98 Å². The first-order valence-electron chi connectivity index (χ1n) is 9.37. The van der Waals surface area contributed by atoms with Gasteiger partial charge in [-0.1, -0.05) is 36.4 Å². The van der Waals surface area contributed by atoms with Gasteiger partial charge in [0.05, 0.1) is 5.52 Å². The van der Waals surface area contributed by atoms with Crippen LogP contribution in [0.1, 0.15) is 29.0 Å². The van der Waals surface area contributed by atoms with Crippen molar-refractivity contribution in [2.75, 3.05) is 13.1 Å². The number of ether oxygens (including phenoxy) is 1. The highest BCUT2D eigenvalue weighted by molar-refractivity contribution is 5.96. The number of rotatable bonds is 5. The molecule has 2 aromatic carbocycles. The Labute approximate surface area is 170 Å². The van der Waals surface area contributed by atoms with Crippen LogP contribution in [-0.4, -0.2) is 34.7 Å². The molecule has 1 aromatic heterocycles. The maximum Gasteiger partial charge on any atom is 0.287 e. The molecule has 0 atom stereocenters. The molecule has 4 rings (SSSR count). The molecule has 0 aliphatic carbocycles. The van der Waals surface area contributed by atoms with Gasteiger partial charge in [-0.2, -0.15) is 0 Å². The van der Waals surface area contributed by atoms with Gasteiger partial charge in [0.25, 0.3) is 5.91 Å². The topological polar surface area (TPSA) is 68.2 Å². The van der Waals surface area contributed by atoms with Crippen molar-refractivity contribution in [1.82, 2.24) is 20.2 Å². The third-order valence-corrected chi connectivity index (χ3v) is 4.94. The summed E-state index contributed by atoms with van der Waals surface area (Å²) in [5.41, 5.74) is 2.69. The molecule has 2 N–H and O–H groups in total. The van der Waals surface area contributed by atoms with E-state index >= 15 is 0 Å². The Balaban J connectivity index is 0.00000225. The second kappa shape index (κ2) is 9.08. The van der Waals surface area contributed by atoms with Crippen LogP contribution in [0.3, 0.4) is 0 Å². The maximum absolute atomic E-state index is 12.7. The predicted octanol–water partition coefficient (Wildman–Crippen LogP) is 3.06. The lowest BCUT2D eigenvalue weighted by Crippen LogP contribution is -2.34. The highest BCUT2D eigenvalue weighted by Crippen LogP contribution is 2.28. The van der Waals surface area contributed by atoms with Crippen molar-refractivity contribution in [2.24, 2.45) is 7.05 Å². The molecule has 1 saturated heterocycles. The summed E-state index contributed by atoms with van der Waals surface area (Å²) in [5, 5.41) is 6.29. The SMILES string of the molecule is Cl.Cn1c(C(=O)NCc2ccccc2)nc2cccc(OC3CCNCC3)c21. The van der Waals surface area contributed by atoms with Crippen LogP contribution in [-0.2, 0) is 13.6 Å². The smallest absolute Gasteiger partial charge is 0.287 e. The lowest BCUT2D eigenvalue weighted by molar-refractivity contribution is 0.0938. The summed E-state index contributed by atoms with van der Waals surface area (Å²) >= 11 is 0. The first kappa shape index (κ1) is 20.2. The Morgan fingerprint density at radius 2 is 1.93 bits per heavy atom. The van der Waals surface area contributed by atoms with E-state index in [1.807, 2.05) is 60.1 Å². The van der Waals surface area contributed by atoms with Gasteiger partial charge in [0.1, 0.15) is 17.4 Å². The molecule has 1 aliphatic rings. The highest BCUT2D eigenvalue weighted by Gasteiger charge is 2.20. The number of amides is 1. The molecule has 0 unspecified atom stereocenters. The molecule has 0 saturated carbocycles. The van der Waals surface area contributed by atoms with E-state index in [1.54, 1.807) is 0 Å². The summed E-state index contributed by atoms with van der Waals surface area (Å²) in [6.07, 6.45) is 2.17. The van der Waals surface area contributed by atoms with E-state index in [-0.39, 0.29) is 24.4 Å². The zero-order valence-corrected chi connectivity index (χ0v) is 16.7. The fourth-order valence-electron chi connectivity index (χ4n) is 3.48. The van der Waals surface area contributed by atoms with E-state index < -0.39 is 0 Å². The van der Waals surface area contributed by atoms with Crippen LogP contribution < -0.4 is 15.4 Å². The van der Waals surface area contributed by atoms with Crippen molar-refractivity contribution in [1.29, 1.82) is 0 Å². The summed E-state index contributed by atoms with van der Waals surface area (Å²) in [5.74, 6) is 0.990. The number of para-hydroxylation sites is 1. The summed E-state index contributed by atoms with van der Waals surface area (Å²) in [6.45, 7) is 2.42. The van der Waals surface area contributed by atoms with E-state index in [1.165, 1.54) is 0 Å². The summed E-state index contributed by atoms with van der Waals surface area (Å²) in [6, 6.07) is 15.6. The number of fused-ring (bicyclic) bond motifs is 1. The van der Waals surface area contributed by atoms with Gasteiger partial charge in [-0.15, -0.1) is 12.4 Å². The van der Waals surface area contributed by atoms with Crippen LogP contribution in [0.5, 0.6) is 5.75 Å². The second-order valence-electron chi connectivity index (χ2n) is 6.85. The molecule has 28 heavy (non-hydrogen) atoms. The summed E-state index contributed by atoms with van der Waals surface area (Å²) in [4.78, 5) is 17.2. The molecule has 0 radical (unpaired) electrons. The number of hydrogen-bond donors (Lipinski definition) is 2. The third kappa shape index (κ3) is 4.29. The number of benzene rings is 2. The molecule has 1 fully saturated rings. The van der Waals surface area contributed by atoms with Crippen LogP contribution in [0.4, 0.5) is 0 Å². The van der Waals surface area contributed by atoms with Crippen LogP contribution in [0.25, 0.3) is 11.0 Å². The van der Waals surface area contributed by atoms with E-state index in [0.717, 1.165) is 48.3 Å². The van der Waals surface area contributed by atoms with Crippen LogP contribution >= 0.6 is 12.4 Å². The van der Waals surface area contributed by atoms with Crippen molar-refractivity contribution in [3.63, 3.8) is 0 Å². The summed E-state index contributed by atoms with van der Waals surface area (Å²) in [7, 11) is 1.86. The number of carbonyl (C=O) groups is 1. The average molecular weight is 401 g/mol. The standard InChI is InChI=1S/C21H24N4O2.ClH/c1-25-19-17(8-5-9-18(19)27-16-10-12-22-13-11-16)24-20(25)21(26)23-14-15-6-3-2-4-7-15;/h2-9,16,22H,10-14H2,1H3,(H,23,26);1H. The van der Waals surface area contributed by atoms with Gasteiger partial charge in [0.2, 0.25) is 0 Å². The van der Waals surface area contributed by atoms with Crippen molar-refractivity contribution in [2.45, 2.75) is 25.5 Å². The molecular formula is C21H25ClN4O2. The molecule has 1 amide bonds. The monoisotopic (exact) mass is 400 g/mol. The highest BCUT2D eigenvalue weighted by atomic mass is 35.5. The van der Waals surface area contributed by atoms with Crippen molar-refractivity contribution in [3.8, 4) is 5.75 Å². The minimum atomic E-state index is -0.189. The van der Waals surface area contributed by atoms with Gasteiger partial charge in [-0.3, -0.25) is 4.79 Å². The molecule has 7 heteroatoms. The number of carbonyl (C=O) groups excluding carboxylic acids is 1. The molecule has 0 spiro atoms. The average Bonchev–Trinajstić information content (AvgIpc) is 3.05. The fourth-order valence-corrected chi connectivity index (χ4v) is 3.48. The van der Waals surface area contributed by atoms with Gasteiger partial charge in [0.15, 0.2) is 5.82 Å². The van der Waals surface area contributed by atoms with Gasteiger partial charge >= 0.3 is 0 Å². The third-order valence-electron chi connectivity index (χ3n) is 4.94. The van der Waals surface area contributed by atoms with E-state index in [0.29, 0.717) is 12.4 Å². The predicted molar refractivity (Wildman–Crippen MR) is 112 cm³/mol. The second-order valence-corrected chi connectivity index (χ2v) is 6.85. The number of aryl methyl sites for hydroxylation is 1. The lowest BCUT2D eigenvalue weighted by atomic mass is 10.1. The van der Waals surface area contributed by atoms with Gasteiger partial charge in [-0.05, 0) is 43.6 Å². The Morgan fingerprint density at radius 3 is 2.68 bits per heavy atom. The minimum Gasteiger partial charge on any atom is -0.488 e. The molecule has 6 nitrogen and oxygen atoms in total. The Bertz CT molecular complexity index is 936. The quantitative estimate of drug-likeness (QED) is 0.690. The molecule has 2 heterocycles. The molecular weight excluding hydrogens is 376 g/mol. The molecule has 0 bridgehead atoms. The lowest BCUT2D eigenvalue weighted by Gasteiger charge is -2.24. The van der Waals surface area contributed by atoms with E-state index in [9.17, 15) is 4.79 Å². The number of halogens is 1. The van der Waals surface area contributed by atoms with Crippen LogP contribution in [0.15, 0.2) is 48.5 Å². The zero-order valence-electron chi connectivity index (χ0n) is 15.9. The van der Waals surface area contributed by atoms with Crippen LogP contribution in [0, 0.1) is 0 Å². The fraction of sp³-hybridized carbons (Fsp3) is 0.333. The Morgan fingerprint density at radius 1 is 1.18 bits per heavy atom. The van der Waals surface area contributed by atoms with E-state index in [4.69, 9.17) is 4.74 Å². The summed E-state index contributed by atoms with van der Waals surface area (Å²) < 4.78 is 8.06. The number of hydrogen-bond acceptors (Lipinski definition) is 4. The van der Waals surface area contributed by atoms with Crippen molar-refractivity contribution in [3.05, 3.63) is 59.9 Å². The van der Waals surface area contributed by atoms with Crippen LogP contribution in [0.2, 0.25) is 0 Å². The molecule has 3 aromatic rings.